The predicted molar refractivity (Wildman–Crippen MR) is 55.0 cm³/mol. The van der Waals surface area contributed by atoms with Crippen LogP contribution in [-0.4, -0.2) is 33.4 Å². The first-order chi connectivity index (χ1) is 7.54. The molecule has 16 heavy (non-hydrogen) atoms. The van der Waals surface area contributed by atoms with E-state index in [-0.39, 0.29) is 18.7 Å². The van der Waals surface area contributed by atoms with Crippen molar-refractivity contribution >= 4 is 11.9 Å². The predicted octanol–water partition coefficient (Wildman–Crippen LogP) is 0.701. The molecule has 0 amide bonds. The summed E-state index contributed by atoms with van der Waals surface area (Å²) in [7, 11) is 0. The fourth-order valence-corrected chi connectivity index (χ4v) is 1.03. The monoisotopic (exact) mass is 224 g/mol. The normalized spacial score (nSPS) is 9.81. The van der Waals surface area contributed by atoms with E-state index in [4.69, 9.17) is 9.84 Å². The average molecular weight is 224 g/mol. The first-order valence-electron chi connectivity index (χ1n) is 4.65. The molecule has 1 aromatic rings. The summed E-state index contributed by atoms with van der Waals surface area (Å²) < 4.78 is 6.08. The molecule has 0 bridgehead atoms. The van der Waals surface area contributed by atoms with Gasteiger partial charge in [0.25, 0.3) is 0 Å². The summed E-state index contributed by atoms with van der Waals surface area (Å²) in [6, 6.07) is 0. The van der Waals surface area contributed by atoms with Crippen LogP contribution in [0.5, 0.6) is 0 Å². The third-order valence-electron chi connectivity index (χ3n) is 1.80. The van der Waals surface area contributed by atoms with Crippen LogP contribution in [0.1, 0.15) is 17.3 Å². The Kier molecular flexibility index (Phi) is 3.82. The number of nitrogens with zero attached hydrogens (tertiary/aromatic N) is 2. The maximum atomic E-state index is 11.3. The van der Waals surface area contributed by atoms with E-state index in [1.54, 1.807) is 6.92 Å². The topological polar surface area (TPSA) is 81.4 Å². The highest BCUT2D eigenvalue weighted by atomic mass is 16.5. The molecular weight excluding hydrogens is 212 g/mol. The summed E-state index contributed by atoms with van der Waals surface area (Å²) in [5.74, 6) is -1.57. The maximum Gasteiger partial charge on any atom is 0.341 e. The van der Waals surface area contributed by atoms with Gasteiger partial charge in [-0.25, -0.2) is 9.59 Å². The molecule has 6 heteroatoms. The van der Waals surface area contributed by atoms with Gasteiger partial charge in [-0.3, -0.25) is 4.68 Å². The van der Waals surface area contributed by atoms with Crippen molar-refractivity contribution in [3.63, 3.8) is 0 Å². The summed E-state index contributed by atoms with van der Waals surface area (Å²) in [4.78, 5) is 21.8. The molecule has 0 spiro atoms. The fraction of sp³-hybridized carbons (Fsp3) is 0.300. The molecule has 1 N–H and O–H groups in total. The summed E-state index contributed by atoms with van der Waals surface area (Å²) in [5.41, 5.74) is 0.290. The Morgan fingerprint density at radius 2 is 2.31 bits per heavy atom. The Morgan fingerprint density at radius 1 is 1.62 bits per heavy atom. The van der Waals surface area contributed by atoms with Crippen molar-refractivity contribution in [2.45, 2.75) is 13.5 Å². The molecule has 0 saturated carbocycles. The zero-order valence-corrected chi connectivity index (χ0v) is 8.84. The number of esters is 1. The van der Waals surface area contributed by atoms with E-state index >= 15 is 0 Å². The van der Waals surface area contributed by atoms with Crippen LogP contribution >= 0.6 is 0 Å². The standard InChI is InChI=1S/C10H12N2O4/c1-3-16-10(15)8-4-11-12(6-8)5-7(2)9(13)14/h4,6H,2-3,5H2,1H3,(H,13,14). The zero-order chi connectivity index (χ0) is 12.1. The van der Waals surface area contributed by atoms with Gasteiger partial charge in [-0.05, 0) is 6.92 Å². The second-order valence-corrected chi connectivity index (χ2v) is 3.06. The van der Waals surface area contributed by atoms with Gasteiger partial charge in [0, 0.05) is 6.20 Å². The van der Waals surface area contributed by atoms with Crippen molar-refractivity contribution < 1.29 is 19.4 Å². The van der Waals surface area contributed by atoms with E-state index in [9.17, 15) is 9.59 Å². The van der Waals surface area contributed by atoms with E-state index in [0.717, 1.165) is 0 Å². The molecule has 0 aliphatic rings. The smallest absolute Gasteiger partial charge is 0.341 e. The van der Waals surface area contributed by atoms with E-state index in [2.05, 4.69) is 11.7 Å². The van der Waals surface area contributed by atoms with Gasteiger partial charge in [-0.2, -0.15) is 5.10 Å². The van der Waals surface area contributed by atoms with Crippen LogP contribution in [0.3, 0.4) is 0 Å². The van der Waals surface area contributed by atoms with E-state index in [1.807, 2.05) is 0 Å². The van der Waals surface area contributed by atoms with E-state index in [0.29, 0.717) is 5.56 Å². The van der Waals surface area contributed by atoms with Crippen molar-refractivity contribution in [3.8, 4) is 0 Å². The minimum Gasteiger partial charge on any atom is -0.478 e. The molecule has 0 unspecified atom stereocenters. The molecular formula is C10H12N2O4. The molecule has 1 aromatic heterocycles. The van der Waals surface area contributed by atoms with Crippen molar-refractivity contribution in [1.29, 1.82) is 0 Å². The lowest BCUT2D eigenvalue weighted by Gasteiger charge is -2.00. The van der Waals surface area contributed by atoms with E-state index < -0.39 is 11.9 Å². The van der Waals surface area contributed by atoms with Gasteiger partial charge < -0.3 is 9.84 Å². The van der Waals surface area contributed by atoms with Crippen molar-refractivity contribution in [2.75, 3.05) is 6.61 Å². The number of aliphatic carboxylic acids is 1. The molecule has 6 nitrogen and oxygen atoms in total. The van der Waals surface area contributed by atoms with Gasteiger partial charge in [-0.1, -0.05) is 6.58 Å². The van der Waals surface area contributed by atoms with Crippen LogP contribution in [0, 0.1) is 0 Å². The molecule has 0 saturated heterocycles. The van der Waals surface area contributed by atoms with Gasteiger partial charge >= 0.3 is 11.9 Å². The molecule has 1 heterocycles. The minimum atomic E-state index is -1.09. The highest BCUT2D eigenvalue weighted by Crippen LogP contribution is 2.03. The van der Waals surface area contributed by atoms with Gasteiger partial charge in [-0.15, -0.1) is 0 Å². The number of hydrogen-bond donors (Lipinski definition) is 1. The van der Waals surface area contributed by atoms with E-state index in [1.165, 1.54) is 17.1 Å². The van der Waals surface area contributed by atoms with Crippen molar-refractivity contribution in [1.82, 2.24) is 9.78 Å². The lowest BCUT2D eigenvalue weighted by atomic mass is 10.3. The lowest BCUT2D eigenvalue weighted by Crippen LogP contribution is -2.08. The molecule has 0 aliphatic carbocycles. The van der Waals surface area contributed by atoms with Crippen molar-refractivity contribution in [2.24, 2.45) is 0 Å². The summed E-state index contributed by atoms with van der Waals surface area (Å²) in [6.07, 6.45) is 2.75. The van der Waals surface area contributed by atoms with Gasteiger partial charge in [0.05, 0.1) is 30.5 Å². The molecule has 1 rings (SSSR count). The molecule has 0 fully saturated rings. The van der Waals surface area contributed by atoms with Crippen LogP contribution in [0.15, 0.2) is 24.5 Å². The first-order valence-corrected chi connectivity index (χ1v) is 4.65. The minimum absolute atomic E-state index is 0.00138. The number of carbonyl (C=O) groups is 2. The Morgan fingerprint density at radius 3 is 2.88 bits per heavy atom. The third kappa shape index (κ3) is 2.94. The van der Waals surface area contributed by atoms with Gasteiger partial charge in [0.1, 0.15) is 0 Å². The van der Waals surface area contributed by atoms with Crippen LogP contribution in [-0.2, 0) is 16.1 Å². The maximum absolute atomic E-state index is 11.3. The van der Waals surface area contributed by atoms with Crippen molar-refractivity contribution in [3.05, 3.63) is 30.1 Å². The van der Waals surface area contributed by atoms with Crippen LogP contribution < -0.4 is 0 Å². The van der Waals surface area contributed by atoms with Crippen LogP contribution in [0.25, 0.3) is 0 Å². The number of carboxylic acids is 1. The molecule has 0 aliphatic heterocycles. The second kappa shape index (κ2) is 5.11. The van der Waals surface area contributed by atoms with Crippen LogP contribution in [0.2, 0.25) is 0 Å². The fourth-order valence-electron chi connectivity index (χ4n) is 1.03. The highest BCUT2D eigenvalue weighted by molar-refractivity contribution is 5.89. The Bertz CT molecular complexity index is 422. The van der Waals surface area contributed by atoms with Gasteiger partial charge in [0.15, 0.2) is 0 Å². The Labute approximate surface area is 92.1 Å². The molecule has 86 valence electrons. The summed E-state index contributed by atoms with van der Waals surface area (Å²) >= 11 is 0. The largest absolute Gasteiger partial charge is 0.478 e. The lowest BCUT2D eigenvalue weighted by molar-refractivity contribution is -0.132. The summed E-state index contributed by atoms with van der Waals surface area (Å²) in [5, 5.41) is 12.4. The number of rotatable bonds is 5. The SMILES string of the molecule is C=C(Cn1cc(C(=O)OCC)cn1)C(=O)O. The number of carbonyl (C=O) groups excluding carboxylic acids is 1. The number of hydrogen-bond acceptors (Lipinski definition) is 4. The molecule has 0 aromatic carbocycles. The number of aromatic nitrogens is 2. The number of ether oxygens (including phenoxy) is 1. The quantitative estimate of drug-likeness (QED) is 0.588. The third-order valence-corrected chi connectivity index (χ3v) is 1.80. The zero-order valence-electron chi connectivity index (χ0n) is 8.84. The second-order valence-electron chi connectivity index (χ2n) is 3.06. The van der Waals surface area contributed by atoms with Gasteiger partial charge in [0.2, 0.25) is 0 Å². The molecule has 0 atom stereocenters. The highest BCUT2D eigenvalue weighted by Gasteiger charge is 2.11. The summed E-state index contributed by atoms with van der Waals surface area (Å²) in [6.45, 7) is 5.39. The average Bonchev–Trinajstić information content (AvgIpc) is 2.66. The number of carboxylic acid groups (broad SMARTS) is 1. The van der Waals surface area contributed by atoms with Crippen LogP contribution in [0.4, 0.5) is 0 Å². The molecule has 0 radical (unpaired) electrons. The Balaban J connectivity index is 2.68. The first kappa shape index (κ1) is 12.0. The Hall–Kier alpha value is -2.11.